The van der Waals surface area contributed by atoms with E-state index in [9.17, 15) is 15.0 Å². The summed E-state index contributed by atoms with van der Waals surface area (Å²) < 4.78 is 4.91. The molecule has 0 aliphatic rings. The molecule has 0 aromatic heterocycles. The lowest BCUT2D eigenvalue weighted by atomic mass is 10.1. The molecule has 0 saturated carbocycles. The van der Waals surface area contributed by atoms with E-state index in [0.717, 1.165) is 0 Å². The van der Waals surface area contributed by atoms with E-state index in [1.54, 1.807) is 12.1 Å². The van der Waals surface area contributed by atoms with Crippen molar-refractivity contribution < 1.29 is 19.7 Å². The molecule has 0 heterocycles. The second-order valence-corrected chi connectivity index (χ2v) is 3.86. The molecule has 15 heavy (non-hydrogen) atoms. The van der Waals surface area contributed by atoms with Crippen molar-refractivity contribution in [1.29, 1.82) is 0 Å². The van der Waals surface area contributed by atoms with Crippen LogP contribution in [0.5, 0.6) is 5.75 Å². The summed E-state index contributed by atoms with van der Waals surface area (Å²) in [5, 5.41) is 18.9. The Labute approximate surface area is 95.6 Å². The van der Waals surface area contributed by atoms with Gasteiger partial charge in [-0.15, -0.1) is 0 Å². The average molecular weight is 275 g/mol. The number of esters is 1. The molecule has 0 aliphatic carbocycles. The molecule has 0 aliphatic heterocycles. The summed E-state index contributed by atoms with van der Waals surface area (Å²) in [4.78, 5) is 10.9. The van der Waals surface area contributed by atoms with Gasteiger partial charge in [0.05, 0.1) is 24.1 Å². The number of methoxy groups -OCH3 is 1. The maximum Gasteiger partial charge on any atom is 0.308 e. The summed E-state index contributed by atoms with van der Waals surface area (Å²) in [5.74, 6) is -0.393. The molecule has 0 bridgehead atoms. The van der Waals surface area contributed by atoms with Gasteiger partial charge in [-0.2, -0.15) is 0 Å². The van der Waals surface area contributed by atoms with Gasteiger partial charge < -0.3 is 14.9 Å². The van der Waals surface area contributed by atoms with Crippen LogP contribution in [0.4, 0.5) is 0 Å². The average Bonchev–Trinajstić information content (AvgIpc) is 2.21. The van der Waals surface area contributed by atoms with Crippen molar-refractivity contribution in [2.24, 2.45) is 0 Å². The number of aliphatic hydroxyl groups is 1. The summed E-state index contributed by atoms with van der Waals surface area (Å²) in [6, 6.07) is 4.55. The van der Waals surface area contributed by atoms with E-state index in [-0.39, 0.29) is 12.2 Å². The summed E-state index contributed by atoms with van der Waals surface area (Å²) in [6.07, 6.45) is -1.03. The van der Waals surface area contributed by atoms with Crippen molar-refractivity contribution in [2.75, 3.05) is 7.11 Å². The monoisotopic (exact) mass is 274 g/mol. The molecule has 1 rings (SSSR count). The van der Waals surface area contributed by atoms with Crippen molar-refractivity contribution in [3.05, 3.63) is 28.2 Å². The third-order valence-electron chi connectivity index (χ3n) is 1.94. The van der Waals surface area contributed by atoms with Crippen LogP contribution in [-0.2, 0) is 9.53 Å². The first-order valence-corrected chi connectivity index (χ1v) is 5.07. The fraction of sp³-hybridized carbons (Fsp3) is 0.300. The van der Waals surface area contributed by atoms with Crippen LogP contribution < -0.4 is 0 Å². The molecule has 0 spiro atoms. The fourth-order valence-electron chi connectivity index (χ4n) is 1.09. The Morgan fingerprint density at radius 3 is 2.80 bits per heavy atom. The van der Waals surface area contributed by atoms with E-state index in [4.69, 9.17) is 0 Å². The van der Waals surface area contributed by atoms with E-state index in [1.807, 2.05) is 0 Å². The Bertz CT molecular complexity index is 364. The molecule has 0 fully saturated rings. The zero-order chi connectivity index (χ0) is 11.4. The zero-order valence-corrected chi connectivity index (χ0v) is 9.69. The van der Waals surface area contributed by atoms with Gasteiger partial charge in [0.15, 0.2) is 0 Å². The third kappa shape index (κ3) is 3.21. The van der Waals surface area contributed by atoms with Crippen molar-refractivity contribution in [3.8, 4) is 5.75 Å². The highest BCUT2D eigenvalue weighted by Gasteiger charge is 2.14. The minimum Gasteiger partial charge on any atom is -0.507 e. The van der Waals surface area contributed by atoms with Crippen LogP contribution in [0, 0.1) is 0 Å². The van der Waals surface area contributed by atoms with Gasteiger partial charge in [-0.1, -0.05) is 6.07 Å². The maximum atomic E-state index is 10.9. The van der Waals surface area contributed by atoms with E-state index in [0.29, 0.717) is 10.0 Å². The van der Waals surface area contributed by atoms with Gasteiger partial charge in [-0.05, 0) is 33.6 Å². The second kappa shape index (κ2) is 5.14. The first-order chi connectivity index (χ1) is 7.04. The number of phenolic OH excluding ortho intramolecular Hbond substituents is 1. The molecule has 4 nitrogen and oxygen atoms in total. The van der Waals surface area contributed by atoms with E-state index < -0.39 is 12.1 Å². The number of rotatable bonds is 3. The van der Waals surface area contributed by atoms with E-state index in [1.165, 1.54) is 13.2 Å². The minimum absolute atomic E-state index is 0.0871. The third-order valence-corrected chi connectivity index (χ3v) is 2.58. The fourth-order valence-corrected chi connectivity index (χ4v) is 1.49. The van der Waals surface area contributed by atoms with E-state index in [2.05, 4.69) is 20.7 Å². The molecular weight excluding hydrogens is 264 g/mol. The number of ether oxygens (including phenoxy) is 1. The molecule has 1 aromatic carbocycles. The lowest BCUT2D eigenvalue weighted by molar-refractivity contribution is -0.142. The number of halogens is 1. The highest BCUT2D eigenvalue weighted by molar-refractivity contribution is 9.10. The highest BCUT2D eigenvalue weighted by Crippen LogP contribution is 2.28. The number of benzene rings is 1. The molecule has 0 unspecified atom stereocenters. The Kier molecular flexibility index (Phi) is 4.11. The molecule has 0 amide bonds. The Balaban J connectivity index is 2.78. The number of hydrogen-bond acceptors (Lipinski definition) is 4. The van der Waals surface area contributed by atoms with Crippen molar-refractivity contribution >= 4 is 21.9 Å². The molecule has 82 valence electrons. The molecule has 1 atom stereocenters. The number of carbonyl (C=O) groups is 1. The lowest BCUT2D eigenvalue weighted by Crippen LogP contribution is -2.07. The second-order valence-electron chi connectivity index (χ2n) is 3.01. The predicted molar refractivity (Wildman–Crippen MR) is 57.4 cm³/mol. The number of carbonyl (C=O) groups excluding carboxylic acids is 1. The Morgan fingerprint density at radius 2 is 2.27 bits per heavy atom. The number of phenols is 1. The van der Waals surface area contributed by atoms with Crippen LogP contribution in [0.3, 0.4) is 0 Å². The van der Waals surface area contributed by atoms with Crippen molar-refractivity contribution in [1.82, 2.24) is 0 Å². The van der Waals surface area contributed by atoms with Gasteiger partial charge in [-0.25, -0.2) is 0 Å². The smallest absolute Gasteiger partial charge is 0.308 e. The van der Waals surface area contributed by atoms with Gasteiger partial charge >= 0.3 is 5.97 Å². The number of aliphatic hydroxyl groups excluding tert-OH is 1. The van der Waals surface area contributed by atoms with E-state index >= 15 is 0 Å². The van der Waals surface area contributed by atoms with Crippen molar-refractivity contribution in [2.45, 2.75) is 12.5 Å². The zero-order valence-electron chi connectivity index (χ0n) is 8.11. The molecule has 0 saturated heterocycles. The molecular formula is C10H11BrO4. The molecule has 1 aromatic rings. The standard InChI is InChI=1S/C10H11BrO4/c1-15-10(14)5-9(13)6-2-3-8(12)7(11)4-6/h2-4,9,12-13H,5H2,1H3/t9-/m1/s1. The van der Waals surface area contributed by atoms with Gasteiger partial charge in [0.2, 0.25) is 0 Å². The van der Waals surface area contributed by atoms with Crippen LogP contribution in [0.25, 0.3) is 0 Å². The summed E-state index contributed by atoms with van der Waals surface area (Å²) in [6.45, 7) is 0. The van der Waals surface area contributed by atoms with Gasteiger partial charge in [0.25, 0.3) is 0 Å². The highest BCUT2D eigenvalue weighted by atomic mass is 79.9. The quantitative estimate of drug-likeness (QED) is 0.825. The van der Waals surface area contributed by atoms with Crippen LogP contribution >= 0.6 is 15.9 Å². The minimum atomic E-state index is -0.922. The molecule has 0 radical (unpaired) electrons. The Hall–Kier alpha value is -1.07. The first kappa shape index (κ1) is 12.0. The normalized spacial score (nSPS) is 12.2. The molecule has 2 N–H and O–H groups in total. The first-order valence-electron chi connectivity index (χ1n) is 4.28. The summed E-state index contributed by atoms with van der Waals surface area (Å²) >= 11 is 3.12. The predicted octanol–water partition coefficient (Wildman–Crippen LogP) is 1.75. The molecule has 5 heteroatoms. The maximum absolute atomic E-state index is 10.9. The largest absolute Gasteiger partial charge is 0.507 e. The van der Waals surface area contributed by atoms with Gasteiger partial charge in [0, 0.05) is 0 Å². The summed E-state index contributed by atoms with van der Waals surface area (Å²) in [5.41, 5.74) is 0.546. The van der Waals surface area contributed by atoms with Crippen LogP contribution in [0.2, 0.25) is 0 Å². The Morgan fingerprint density at radius 1 is 1.60 bits per heavy atom. The van der Waals surface area contributed by atoms with Crippen LogP contribution in [0.1, 0.15) is 18.1 Å². The van der Waals surface area contributed by atoms with Crippen molar-refractivity contribution in [3.63, 3.8) is 0 Å². The SMILES string of the molecule is COC(=O)C[C@@H](O)c1ccc(O)c(Br)c1. The van der Waals surface area contributed by atoms with Gasteiger partial charge in [0.1, 0.15) is 5.75 Å². The topological polar surface area (TPSA) is 66.8 Å². The van der Waals surface area contributed by atoms with Crippen LogP contribution in [0.15, 0.2) is 22.7 Å². The van der Waals surface area contributed by atoms with Crippen LogP contribution in [-0.4, -0.2) is 23.3 Å². The van der Waals surface area contributed by atoms with Gasteiger partial charge in [-0.3, -0.25) is 4.79 Å². The number of hydrogen-bond donors (Lipinski definition) is 2. The number of aromatic hydroxyl groups is 1. The summed E-state index contributed by atoms with van der Waals surface area (Å²) in [7, 11) is 1.27. The lowest BCUT2D eigenvalue weighted by Gasteiger charge is -2.10.